The van der Waals surface area contributed by atoms with Crippen molar-refractivity contribution in [2.75, 3.05) is 20.1 Å². The first kappa shape index (κ1) is 13.5. The topological polar surface area (TPSA) is 61.0 Å². The molecule has 1 unspecified atom stereocenters. The summed E-state index contributed by atoms with van der Waals surface area (Å²) < 4.78 is 0.792. The van der Waals surface area contributed by atoms with Gasteiger partial charge in [-0.1, -0.05) is 13.8 Å². The monoisotopic (exact) mass is 314 g/mol. The van der Waals surface area contributed by atoms with Crippen LogP contribution in [0.3, 0.4) is 0 Å². The number of rotatable bonds is 3. The van der Waals surface area contributed by atoms with Gasteiger partial charge in [0.1, 0.15) is 0 Å². The van der Waals surface area contributed by atoms with Crippen LogP contribution < -0.4 is 5.32 Å². The molecule has 1 fully saturated rings. The minimum atomic E-state index is -0.0290. The Morgan fingerprint density at radius 2 is 2.28 bits per heavy atom. The number of H-pyrrole nitrogens is 1. The Labute approximate surface area is 115 Å². The molecule has 0 aromatic carbocycles. The van der Waals surface area contributed by atoms with Crippen LogP contribution >= 0.6 is 15.9 Å². The molecule has 1 aliphatic rings. The average molecular weight is 315 g/mol. The van der Waals surface area contributed by atoms with Crippen molar-refractivity contribution in [2.24, 2.45) is 0 Å². The van der Waals surface area contributed by atoms with Crippen molar-refractivity contribution < 1.29 is 4.79 Å². The highest BCUT2D eigenvalue weighted by molar-refractivity contribution is 9.10. The van der Waals surface area contributed by atoms with Crippen molar-refractivity contribution in [3.63, 3.8) is 0 Å². The highest BCUT2D eigenvalue weighted by Gasteiger charge is 2.28. The van der Waals surface area contributed by atoms with E-state index in [0.717, 1.165) is 29.7 Å². The molecule has 1 aromatic rings. The summed E-state index contributed by atoms with van der Waals surface area (Å²) in [6, 6.07) is 0.267. The van der Waals surface area contributed by atoms with E-state index < -0.39 is 0 Å². The lowest BCUT2D eigenvalue weighted by Crippen LogP contribution is -2.38. The molecule has 0 aliphatic carbocycles. The van der Waals surface area contributed by atoms with E-state index in [0.29, 0.717) is 11.6 Å². The van der Waals surface area contributed by atoms with Crippen molar-refractivity contribution in [2.45, 2.75) is 32.2 Å². The molecule has 100 valence electrons. The SMILES string of the molecule is CC(C)c1[nH]nc(C(=O)N(C)C2CCNC2)c1Br. The number of halogens is 1. The molecule has 2 N–H and O–H groups in total. The molecule has 0 bridgehead atoms. The molecule has 0 saturated carbocycles. The number of aromatic nitrogens is 2. The summed E-state index contributed by atoms with van der Waals surface area (Å²) in [5.74, 6) is 0.283. The number of nitrogens with one attached hydrogen (secondary N) is 2. The van der Waals surface area contributed by atoms with Gasteiger partial charge >= 0.3 is 0 Å². The number of likely N-dealkylation sites (N-methyl/N-ethyl adjacent to an activating group) is 1. The smallest absolute Gasteiger partial charge is 0.275 e. The molecule has 1 aliphatic heterocycles. The Morgan fingerprint density at radius 3 is 2.78 bits per heavy atom. The van der Waals surface area contributed by atoms with Gasteiger partial charge in [-0.05, 0) is 34.8 Å². The predicted octanol–water partition coefficient (Wildman–Crippen LogP) is 1.73. The fourth-order valence-electron chi connectivity index (χ4n) is 2.17. The largest absolute Gasteiger partial charge is 0.336 e. The predicted molar refractivity (Wildman–Crippen MR) is 73.7 cm³/mol. The lowest BCUT2D eigenvalue weighted by Gasteiger charge is -2.22. The molecule has 1 saturated heterocycles. The van der Waals surface area contributed by atoms with Crippen molar-refractivity contribution in [1.29, 1.82) is 0 Å². The van der Waals surface area contributed by atoms with Gasteiger partial charge in [-0.3, -0.25) is 9.89 Å². The zero-order chi connectivity index (χ0) is 13.3. The van der Waals surface area contributed by atoms with Crippen LogP contribution in [0, 0.1) is 0 Å². The second-order valence-corrected chi connectivity index (χ2v) is 5.81. The van der Waals surface area contributed by atoms with E-state index in [1.165, 1.54) is 0 Å². The minimum absolute atomic E-state index is 0.0290. The van der Waals surface area contributed by atoms with Crippen LogP contribution in [0.5, 0.6) is 0 Å². The molecule has 1 amide bonds. The third-order valence-corrected chi connectivity index (χ3v) is 4.22. The van der Waals surface area contributed by atoms with Crippen LogP contribution in [0.15, 0.2) is 4.47 Å². The number of carbonyl (C=O) groups is 1. The molecule has 5 nitrogen and oxygen atoms in total. The Kier molecular flexibility index (Phi) is 4.07. The van der Waals surface area contributed by atoms with Gasteiger partial charge in [0.15, 0.2) is 5.69 Å². The van der Waals surface area contributed by atoms with Gasteiger partial charge in [-0.15, -0.1) is 0 Å². The number of aromatic amines is 1. The third-order valence-electron chi connectivity index (χ3n) is 3.41. The molecule has 6 heteroatoms. The molecular weight excluding hydrogens is 296 g/mol. The maximum absolute atomic E-state index is 12.4. The van der Waals surface area contributed by atoms with Crippen LogP contribution in [0.2, 0.25) is 0 Å². The van der Waals surface area contributed by atoms with E-state index in [1.54, 1.807) is 4.90 Å². The second-order valence-electron chi connectivity index (χ2n) is 5.02. The number of hydrogen-bond donors (Lipinski definition) is 2. The van der Waals surface area contributed by atoms with Crippen molar-refractivity contribution in [1.82, 2.24) is 20.4 Å². The maximum atomic E-state index is 12.4. The Balaban J connectivity index is 2.18. The van der Waals surface area contributed by atoms with Gasteiger partial charge in [0, 0.05) is 19.6 Å². The standard InChI is InChI=1S/C12H19BrN4O/c1-7(2)10-9(13)11(16-15-10)12(18)17(3)8-4-5-14-6-8/h7-8,14H,4-6H2,1-3H3,(H,15,16). The Morgan fingerprint density at radius 1 is 1.56 bits per heavy atom. The van der Waals surface area contributed by atoms with Crippen LogP contribution in [-0.2, 0) is 0 Å². The zero-order valence-corrected chi connectivity index (χ0v) is 12.5. The fourth-order valence-corrected chi connectivity index (χ4v) is 2.97. The quantitative estimate of drug-likeness (QED) is 0.893. The highest BCUT2D eigenvalue weighted by Crippen LogP contribution is 2.26. The molecular formula is C12H19BrN4O. The van der Waals surface area contributed by atoms with Crippen molar-refractivity contribution in [3.05, 3.63) is 15.9 Å². The summed E-state index contributed by atoms with van der Waals surface area (Å²) in [7, 11) is 1.84. The van der Waals surface area contributed by atoms with Crippen LogP contribution in [0.25, 0.3) is 0 Å². The summed E-state index contributed by atoms with van der Waals surface area (Å²) in [5.41, 5.74) is 1.45. The summed E-state index contributed by atoms with van der Waals surface area (Å²) in [6.45, 7) is 5.97. The summed E-state index contributed by atoms with van der Waals surface area (Å²) >= 11 is 3.47. The molecule has 2 heterocycles. The van der Waals surface area contributed by atoms with E-state index in [2.05, 4.69) is 45.3 Å². The Hall–Kier alpha value is -0.880. The van der Waals surface area contributed by atoms with E-state index >= 15 is 0 Å². The van der Waals surface area contributed by atoms with Crippen molar-refractivity contribution >= 4 is 21.8 Å². The van der Waals surface area contributed by atoms with Crippen molar-refractivity contribution in [3.8, 4) is 0 Å². The summed E-state index contributed by atoms with van der Waals surface area (Å²) in [4.78, 5) is 14.2. The molecule has 1 aromatic heterocycles. The van der Waals surface area contributed by atoms with E-state index in [9.17, 15) is 4.79 Å². The van der Waals surface area contributed by atoms with E-state index in [1.807, 2.05) is 7.05 Å². The second kappa shape index (κ2) is 5.40. The van der Waals surface area contributed by atoms with Crippen LogP contribution in [0.4, 0.5) is 0 Å². The minimum Gasteiger partial charge on any atom is -0.336 e. The number of hydrogen-bond acceptors (Lipinski definition) is 3. The lowest BCUT2D eigenvalue weighted by molar-refractivity contribution is 0.0737. The average Bonchev–Trinajstić information content (AvgIpc) is 2.95. The Bertz CT molecular complexity index is 437. The molecule has 0 spiro atoms. The number of nitrogens with zero attached hydrogens (tertiary/aromatic N) is 2. The van der Waals surface area contributed by atoms with Gasteiger partial charge in [-0.2, -0.15) is 5.10 Å². The fraction of sp³-hybridized carbons (Fsp3) is 0.667. The summed E-state index contributed by atoms with van der Waals surface area (Å²) in [5, 5.41) is 10.3. The van der Waals surface area contributed by atoms with Gasteiger partial charge in [-0.25, -0.2) is 0 Å². The first-order chi connectivity index (χ1) is 8.52. The van der Waals surface area contributed by atoms with Gasteiger partial charge in [0.05, 0.1) is 10.2 Å². The van der Waals surface area contributed by atoms with E-state index in [4.69, 9.17) is 0 Å². The lowest BCUT2D eigenvalue weighted by atomic mass is 10.1. The number of carbonyl (C=O) groups excluding carboxylic acids is 1. The molecule has 18 heavy (non-hydrogen) atoms. The van der Waals surface area contributed by atoms with Gasteiger partial charge < -0.3 is 10.2 Å². The highest BCUT2D eigenvalue weighted by atomic mass is 79.9. The maximum Gasteiger partial charge on any atom is 0.275 e. The summed E-state index contributed by atoms with van der Waals surface area (Å²) in [6.07, 6.45) is 1.00. The van der Waals surface area contributed by atoms with E-state index in [-0.39, 0.29) is 11.9 Å². The third kappa shape index (κ3) is 2.44. The molecule has 0 radical (unpaired) electrons. The molecule has 2 rings (SSSR count). The number of amides is 1. The van der Waals surface area contributed by atoms with Crippen LogP contribution in [0.1, 0.15) is 42.4 Å². The first-order valence-corrected chi connectivity index (χ1v) is 7.03. The van der Waals surface area contributed by atoms with Gasteiger partial charge in [0.2, 0.25) is 0 Å². The first-order valence-electron chi connectivity index (χ1n) is 6.24. The van der Waals surface area contributed by atoms with Crippen LogP contribution in [-0.4, -0.2) is 47.2 Å². The zero-order valence-electron chi connectivity index (χ0n) is 11.0. The normalized spacial score (nSPS) is 19.5. The van der Waals surface area contributed by atoms with Gasteiger partial charge in [0.25, 0.3) is 5.91 Å². The molecule has 1 atom stereocenters.